The van der Waals surface area contributed by atoms with Gasteiger partial charge in [-0.05, 0) is 24.1 Å². The summed E-state index contributed by atoms with van der Waals surface area (Å²) in [6, 6.07) is 7.35. The van der Waals surface area contributed by atoms with Crippen molar-refractivity contribution in [1.82, 2.24) is 4.98 Å². The standard InChI is InChI=1S/C9H8NS/c1-2-7-3-4-8-9(5-7)11-6-10-8/h3,5-6H,2H2,1H3. The Morgan fingerprint density at radius 1 is 1.64 bits per heavy atom. The third-order valence-electron chi connectivity index (χ3n) is 1.71. The third-order valence-corrected chi connectivity index (χ3v) is 2.49. The van der Waals surface area contributed by atoms with Crippen LogP contribution in [0.4, 0.5) is 0 Å². The van der Waals surface area contributed by atoms with E-state index in [9.17, 15) is 0 Å². The highest BCUT2D eigenvalue weighted by molar-refractivity contribution is 7.16. The van der Waals surface area contributed by atoms with Gasteiger partial charge in [-0.2, -0.15) is 0 Å². The number of hydrogen-bond donors (Lipinski definition) is 0. The highest BCUT2D eigenvalue weighted by Crippen LogP contribution is 2.18. The zero-order valence-electron chi connectivity index (χ0n) is 6.29. The van der Waals surface area contributed by atoms with Gasteiger partial charge in [-0.15, -0.1) is 11.3 Å². The summed E-state index contributed by atoms with van der Waals surface area (Å²) >= 11 is 1.67. The molecule has 1 nitrogen and oxygen atoms in total. The van der Waals surface area contributed by atoms with Gasteiger partial charge in [-0.1, -0.05) is 6.92 Å². The summed E-state index contributed by atoms with van der Waals surface area (Å²) in [5.41, 5.74) is 4.19. The molecule has 2 aromatic rings. The van der Waals surface area contributed by atoms with E-state index in [0.717, 1.165) is 11.9 Å². The van der Waals surface area contributed by atoms with Crippen molar-refractivity contribution in [2.75, 3.05) is 0 Å². The lowest BCUT2D eigenvalue weighted by Crippen LogP contribution is -1.77. The maximum atomic E-state index is 4.16. The van der Waals surface area contributed by atoms with Crippen LogP contribution in [0.3, 0.4) is 0 Å². The summed E-state index contributed by atoms with van der Waals surface area (Å²) in [7, 11) is 0. The molecule has 0 saturated carbocycles. The van der Waals surface area contributed by atoms with Gasteiger partial charge in [0.2, 0.25) is 0 Å². The fourth-order valence-corrected chi connectivity index (χ4v) is 1.76. The van der Waals surface area contributed by atoms with Crippen molar-refractivity contribution in [3.05, 3.63) is 29.3 Å². The number of nitrogens with zero attached hydrogens (tertiary/aromatic N) is 1. The summed E-state index contributed by atoms with van der Waals surface area (Å²) in [4.78, 5) is 4.16. The van der Waals surface area contributed by atoms with Gasteiger partial charge < -0.3 is 0 Å². The van der Waals surface area contributed by atoms with Gasteiger partial charge in [-0.25, -0.2) is 4.98 Å². The Hall–Kier alpha value is -0.890. The number of hydrogen-bond acceptors (Lipinski definition) is 2. The quantitative estimate of drug-likeness (QED) is 0.628. The van der Waals surface area contributed by atoms with Gasteiger partial charge in [0.15, 0.2) is 0 Å². The van der Waals surface area contributed by atoms with Crippen LogP contribution in [-0.4, -0.2) is 4.98 Å². The van der Waals surface area contributed by atoms with Crippen LogP contribution < -0.4 is 0 Å². The van der Waals surface area contributed by atoms with Crippen LogP contribution in [0.15, 0.2) is 17.6 Å². The molecule has 0 N–H and O–H groups in total. The molecule has 0 amide bonds. The fraction of sp³-hybridized carbons (Fsp3) is 0.222. The van der Waals surface area contributed by atoms with Crippen molar-refractivity contribution < 1.29 is 0 Å². The number of aryl methyl sites for hydroxylation is 1. The number of rotatable bonds is 1. The van der Waals surface area contributed by atoms with E-state index in [-0.39, 0.29) is 0 Å². The van der Waals surface area contributed by atoms with Crippen molar-refractivity contribution in [2.24, 2.45) is 0 Å². The molecule has 1 aromatic heterocycles. The van der Waals surface area contributed by atoms with Crippen molar-refractivity contribution in [3.63, 3.8) is 0 Å². The molecule has 0 atom stereocenters. The van der Waals surface area contributed by atoms with Gasteiger partial charge in [0.05, 0.1) is 15.7 Å². The Morgan fingerprint density at radius 3 is 3.36 bits per heavy atom. The number of thiazole rings is 1. The second kappa shape index (κ2) is 2.62. The molecule has 11 heavy (non-hydrogen) atoms. The average molecular weight is 162 g/mol. The zero-order valence-corrected chi connectivity index (χ0v) is 7.11. The Bertz CT molecular complexity index is 364. The smallest absolute Gasteiger partial charge is 0.0891 e. The van der Waals surface area contributed by atoms with Crippen molar-refractivity contribution in [3.8, 4) is 0 Å². The zero-order chi connectivity index (χ0) is 7.68. The van der Waals surface area contributed by atoms with Gasteiger partial charge >= 0.3 is 0 Å². The van der Waals surface area contributed by atoms with Crippen LogP contribution in [0.2, 0.25) is 0 Å². The highest BCUT2D eigenvalue weighted by Gasteiger charge is 1.96. The Morgan fingerprint density at radius 2 is 2.55 bits per heavy atom. The monoisotopic (exact) mass is 162 g/mol. The van der Waals surface area contributed by atoms with Crippen molar-refractivity contribution in [1.29, 1.82) is 0 Å². The van der Waals surface area contributed by atoms with Gasteiger partial charge in [0.25, 0.3) is 0 Å². The number of fused-ring (bicyclic) bond motifs is 1. The van der Waals surface area contributed by atoms with Crippen LogP contribution >= 0.6 is 11.3 Å². The van der Waals surface area contributed by atoms with Crippen LogP contribution in [-0.2, 0) is 6.42 Å². The minimum Gasteiger partial charge on any atom is -0.244 e. The lowest BCUT2D eigenvalue weighted by Gasteiger charge is -1.92. The summed E-state index contributed by atoms with van der Waals surface area (Å²) in [6.45, 7) is 2.15. The van der Waals surface area contributed by atoms with E-state index in [4.69, 9.17) is 0 Å². The molecule has 0 spiro atoms. The van der Waals surface area contributed by atoms with E-state index in [1.807, 2.05) is 11.6 Å². The molecule has 0 aliphatic heterocycles. The van der Waals surface area contributed by atoms with Crippen LogP contribution in [0, 0.1) is 6.07 Å². The number of aromatic nitrogens is 1. The molecule has 0 aliphatic carbocycles. The third kappa shape index (κ3) is 1.14. The lowest BCUT2D eigenvalue weighted by atomic mass is 10.2. The first-order valence-electron chi connectivity index (χ1n) is 3.64. The molecule has 0 fully saturated rings. The van der Waals surface area contributed by atoms with Crippen LogP contribution in [0.1, 0.15) is 12.5 Å². The Labute approximate surface area is 69.7 Å². The molecule has 2 heteroatoms. The Kier molecular flexibility index (Phi) is 1.62. The molecule has 55 valence electrons. The SMILES string of the molecule is CCc1c[c]c2ncsc2c1. The first kappa shape index (κ1) is 6.80. The van der Waals surface area contributed by atoms with E-state index in [0.29, 0.717) is 0 Å². The molecule has 0 saturated heterocycles. The lowest BCUT2D eigenvalue weighted by molar-refractivity contribution is 1.15. The van der Waals surface area contributed by atoms with E-state index in [2.05, 4.69) is 24.0 Å². The van der Waals surface area contributed by atoms with E-state index < -0.39 is 0 Å². The van der Waals surface area contributed by atoms with E-state index in [1.54, 1.807) is 11.3 Å². The summed E-state index contributed by atoms with van der Waals surface area (Å²) in [6.07, 6.45) is 1.07. The normalized spacial score (nSPS) is 10.6. The van der Waals surface area contributed by atoms with Gasteiger partial charge in [0, 0.05) is 6.07 Å². The van der Waals surface area contributed by atoms with Crippen LogP contribution in [0.25, 0.3) is 10.2 Å². The summed E-state index contributed by atoms with van der Waals surface area (Å²) in [5, 5.41) is 0. The van der Waals surface area contributed by atoms with Gasteiger partial charge in [0.1, 0.15) is 0 Å². The second-order valence-electron chi connectivity index (χ2n) is 2.43. The molecule has 1 heterocycles. The predicted octanol–water partition coefficient (Wildman–Crippen LogP) is 2.66. The van der Waals surface area contributed by atoms with Crippen molar-refractivity contribution >= 4 is 21.6 Å². The molecular weight excluding hydrogens is 154 g/mol. The minimum atomic E-state index is 0.993. The molecule has 1 radical (unpaired) electrons. The second-order valence-corrected chi connectivity index (χ2v) is 3.31. The van der Waals surface area contributed by atoms with E-state index in [1.165, 1.54) is 10.3 Å². The maximum absolute atomic E-state index is 4.16. The predicted molar refractivity (Wildman–Crippen MR) is 47.8 cm³/mol. The largest absolute Gasteiger partial charge is 0.244 e. The van der Waals surface area contributed by atoms with E-state index >= 15 is 0 Å². The van der Waals surface area contributed by atoms with Gasteiger partial charge in [-0.3, -0.25) is 0 Å². The Balaban J connectivity index is 2.67. The minimum absolute atomic E-state index is 0.993. The molecule has 1 aromatic carbocycles. The molecular formula is C9H8NS. The maximum Gasteiger partial charge on any atom is 0.0891 e. The van der Waals surface area contributed by atoms with Crippen LogP contribution in [0.5, 0.6) is 0 Å². The first-order valence-corrected chi connectivity index (χ1v) is 4.52. The number of benzene rings is 1. The molecule has 0 unspecified atom stereocenters. The molecule has 0 aliphatic rings. The first-order chi connectivity index (χ1) is 5.40. The average Bonchev–Trinajstić information content (AvgIpc) is 2.50. The van der Waals surface area contributed by atoms with Crippen molar-refractivity contribution in [2.45, 2.75) is 13.3 Å². The summed E-state index contributed by atoms with van der Waals surface area (Å²) in [5.74, 6) is 0. The topological polar surface area (TPSA) is 12.9 Å². The fourth-order valence-electron chi connectivity index (χ4n) is 1.04. The highest BCUT2D eigenvalue weighted by atomic mass is 32.1. The molecule has 2 rings (SSSR count). The molecule has 0 bridgehead atoms. The summed E-state index contributed by atoms with van der Waals surface area (Å²) < 4.78 is 1.24.